The van der Waals surface area contributed by atoms with Crippen LogP contribution in [0.25, 0.3) is 0 Å². The van der Waals surface area contributed by atoms with Gasteiger partial charge in [-0.3, -0.25) is 4.79 Å². The van der Waals surface area contributed by atoms with Crippen LogP contribution >= 0.6 is 11.8 Å². The van der Waals surface area contributed by atoms with Gasteiger partial charge >= 0.3 is 5.97 Å². The Morgan fingerprint density at radius 2 is 1.95 bits per heavy atom. The highest BCUT2D eigenvalue weighted by Gasteiger charge is 2.13. The summed E-state index contributed by atoms with van der Waals surface area (Å²) in [5.74, 6) is -1.17. The Morgan fingerprint density at radius 1 is 1.19 bits per heavy atom. The first-order chi connectivity index (χ1) is 9.99. The number of carbonyl (C=O) groups is 2. The minimum atomic E-state index is -1.04. The van der Waals surface area contributed by atoms with E-state index in [-0.39, 0.29) is 11.5 Å². The lowest BCUT2D eigenvalue weighted by molar-refractivity contribution is 0.0691. The molecule has 0 aromatic carbocycles. The van der Waals surface area contributed by atoms with E-state index in [0.29, 0.717) is 15.6 Å². The van der Waals surface area contributed by atoms with Crippen molar-refractivity contribution in [2.24, 2.45) is 0 Å². The van der Waals surface area contributed by atoms with Gasteiger partial charge in [-0.25, -0.2) is 14.8 Å². The molecule has 0 spiro atoms. The van der Waals surface area contributed by atoms with E-state index in [9.17, 15) is 9.59 Å². The average Bonchev–Trinajstić information content (AvgIpc) is 2.47. The lowest BCUT2D eigenvalue weighted by atomic mass is 10.2. The maximum Gasteiger partial charge on any atom is 0.338 e. The number of carbonyl (C=O) groups excluding carboxylic acids is 1. The van der Waals surface area contributed by atoms with Crippen molar-refractivity contribution in [3.63, 3.8) is 0 Å². The molecule has 1 N–H and O–H groups in total. The standard InChI is InChI=1S/C14H13N3O3S/c1-17(2)13(18)9-5-6-11(16-8-9)21-12-10(14(19)20)4-3-7-15-12/h3-8H,1-2H3,(H,19,20). The van der Waals surface area contributed by atoms with Gasteiger partial charge in [0.15, 0.2) is 0 Å². The molecular formula is C14H13N3O3S. The molecule has 0 saturated heterocycles. The minimum absolute atomic E-state index is 0.123. The molecular weight excluding hydrogens is 290 g/mol. The van der Waals surface area contributed by atoms with Crippen molar-refractivity contribution < 1.29 is 14.7 Å². The second kappa shape index (κ2) is 6.36. The number of carboxylic acids is 1. The summed E-state index contributed by atoms with van der Waals surface area (Å²) in [6, 6.07) is 6.38. The van der Waals surface area contributed by atoms with E-state index >= 15 is 0 Å². The van der Waals surface area contributed by atoms with E-state index in [2.05, 4.69) is 9.97 Å². The van der Waals surface area contributed by atoms with Crippen molar-refractivity contribution >= 4 is 23.6 Å². The topological polar surface area (TPSA) is 83.4 Å². The van der Waals surface area contributed by atoms with Crippen LogP contribution in [0.3, 0.4) is 0 Å². The zero-order valence-electron chi connectivity index (χ0n) is 11.5. The summed E-state index contributed by atoms with van der Waals surface area (Å²) in [4.78, 5) is 32.5. The van der Waals surface area contributed by atoms with Crippen molar-refractivity contribution in [3.8, 4) is 0 Å². The Kier molecular flexibility index (Phi) is 4.54. The van der Waals surface area contributed by atoms with Gasteiger partial charge in [0.05, 0.1) is 11.1 Å². The van der Waals surface area contributed by atoms with E-state index in [0.717, 1.165) is 11.8 Å². The molecule has 2 aromatic rings. The molecule has 0 atom stereocenters. The molecule has 6 nitrogen and oxygen atoms in total. The molecule has 0 saturated carbocycles. The molecule has 2 heterocycles. The third-order valence-corrected chi connectivity index (χ3v) is 3.56. The molecule has 1 amide bonds. The number of pyridine rings is 2. The fraction of sp³-hybridized carbons (Fsp3) is 0.143. The fourth-order valence-electron chi connectivity index (χ4n) is 1.56. The van der Waals surface area contributed by atoms with Crippen LogP contribution in [0.5, 0.6) is 0 Å². The SMILES string of the molecule is CN(C)C(=O)c1ccc(Sc2ncccc2C(=O)O)nc1. The number of hydrogen-bond acceptors (Lipinski definition) is 5. The van der Waals surface area contributed by atoms with Crippen LogP contribution in [0.1, 0.15) is 20.7 Å². The lowest BCUT2D eigenvalue weighted by Gasteiger charge is -2.10. The monoisotopic (exact) mass is 303 g/mol. The predicted octanol–water partition coefficient (Wildman–Crippen LogP) is 2.03. The van der Waals surface area contributed by atoms with Gasteiger partial charge in [-0.15, -0.1) is 0 Å². The van der Waals surface area contributed by atoms with Gasteiger partial charge in [0.25, 0.3) is 5.91 Å². The number of nitrogens with zero attached hydrogens (tertiary/aromatic N) is 3. The normalized spacial score (nSPS) is 10.2. The molecule has 2 rings (SSSR count). The number of hydrogen-bond donors (Lipinski definition) is 1. The average molecular weight is 303 g/mol. The van der Waals surface area contributed by atoms with Crippen LogP contribution in [0.15, 0.2) is 46.7 Å². The zero-order valence-corrected chi connectivity index (χ0v) is 12.3. The van der Waals surface area contributed by atoms with Crippen molar-refractivity contribution in [1.29, 1.82) is 0 Å². The Balaban J connectivity index is 2.22. The van der Waals surface area contributed by atoms with Crippen LogP contribution < -0.4 is 0 Å². The maximum atomic E-state index is 11.7. The van der Waals surface area contributed by atoms with Crippen molar-refractivity contribution in [3.05, 3.63) is 47.8 Å². The summed E-state index contributed by atoms with van der Waals surface area (Å²) < 4.78 is 0. The second-order valence-electron chi connectivity index (χ2n) is 4.35. The van der Waals surface area contributed by atoms with Crippen molar-refractivity contribution in [2.75, 3.05) is 14.1 Å². The minimum Gasteiger partial charge on any atom is -0.478 e. The Morgan fingerprint density at radius 3 is 2.52 bits per heavy atom. The van der Waals surface area contributed by atoms with Crippen molar-refractivity contribution in [2.45, 2.75) is 10.1 Å². The summed E-state index contributed by atoms with van der Waals surface area (Å²) in [6.07, 6.45) is 2.99. The molecule has 0 unspecified atom stereocenters. The molecule has 7 heteroatoms. The lowest BCUT2D eigenvalue weighted by Crippen LogP contribution is -2.21. The van der Waals surface area contributed by atoms with E-state index in [1.807, 2.05) is 0 Å². The molecule has 2 aromatic heterocycles. The third-order valence-electron chi connectivity index (χ3n) is 2.59. The van der Waals surface area contributed by atoms with Crippen LogP contribution in [0.2, 0.25) is 0 Å². The largest absolute Gasteiger partial charge is 0.478 e. The molecule has 0 aliphatic carbocycles. The summed E-state index contributed by atoms with van der Waals surface area (Å²) in [7, 11) is 3.33. The van der Waals surface area contributed by atoms with E-state index in [1.165, 1.54) is 23.4 Å². The highest BCUT2D eigenvalue weighted by molar-refractivity contribution is 7.99. The summed E-state index contributed by atoms with van der Waals surface area (Å²) in [5, 5.41) is 10.0. The van der Waals surface area contributed by atoms with E-state index in [1.54, 1.807) is 32.3 Å². The third kappa shape index (κ3) is 3.57. The van der Waals surface area contributed by atoms with E-state index in [4.69, 9.17) is 5.11 Å². The molecule has 0 aliphatic rings. The van der Waals surface area contributed by atoms with Crippen LogP contribution in [-0.4, -0.2) is 45.9 Å². The highest BCUT2D eigenvalue weighted by atomic mass is 32.2. The van der Waals surface area contributed by atoms with Gasteiger partial charge in [0, 0.05) is 26.5 Å². The first kappa shape index (κ1) is 15.0. The van der Waals surface area contributed by atoms with Gasteiger partial charge in [0.1, 0.15) is 10.1 Å². The Labute approximate surface area is 125 Å². The molecule has 0 radical (unpaired) electrons. The van der Waals surface area contributed by atoms with Crippen LogP contribution in [0, 0.1) is 0 Å². The fourth-order valence-corrected chi connectivity index (χ4v) is 2.38. The Bertz CT molecular complexity index is 671. The van der Waals surface area contributed by atoms with Gasteiger partial charge in [-0.05, 0) is 36.0 Å². The van der Waals surface area contributed by atoms with Gasteiger partial charge < -0.3 is 10.0 Å². The first-order valence-corrected chi connectivity index (χ1v) is 6.84. The number of aromatic carboxylic acids is 1. The predicted molar refractivity (Wildman–Crippen MR) is 77.6 cm³/mol. The molecule has 0 fully saturated rings. The van der Waals surface area contributed by atoms with Crippen LogP contribution in [-0.2, 0) is 0 Å². The summed E-state index contributed by atoms with van der Waals surface area (Å²) in [6.45, 7) is 0. The first-order valence-electron chi connectivity index (χ1n) is 6.03. The molecule has 108 valence electrons. The van der Waals surface area contributed by atoms with Crippen molar-refractivity contribution in [1.82, 2.24) is 14.9 Å². The van der Waals surface area contributed by atoms with E-state index < -0.39 is 5.97 Å². The smallest absolute Gasteiger partial charge is 0.338 e. The molecule has 21 heavy (non-hydrogen) atoms. The number of carboxylic acid groups (broad SMARTS) is 1. The van der Waals surface area contributed by atoms with Crippen LogP contribution in [0.4, 0.5) is 0 Å². The number of rotatable bonds is 4. The Hall–Kier alpha value is -2.41. The summed E-state index contributed by atoms with van der Waals surface area (Å²) >= 11 is 1.14. The number of aromatic nitrogens is 2. The second-order valence-corrected chi connectivity index (χ2v) is 5.36. The molecule has 0 bridgehead atoms. The highest BCUT2D eigenvalue weighted by Crippen LogP contribution is 2.27. The number of amides is 1. The van der Waals surface area contributed by atoms with Gasteiger partial charge in [-0.2, -0.15) is 0 Å². The maximum absolute atomic E-state index is 11.7. The quantitative estimate of drug-likeness (QED) is 0.930. The molecule has 0 aliphatic heterocycles. The van der Waals surface area contributed by atoms with Gasteiger partial charge in [-0.1, -0.05) is 0 Å². The van der Waals surface area contributed by atoms with Gasteiger partial charge in [0.2, 0.25) is 0 Å². The summed E-state index contributed by atoms with van der Waals surface area (Å²) in [5.41, 5.74) is 0.599. The zero-order chi connectivity index (χ0) is 15.4.